The zero-order chi connectivity index (χ0) is 50.6. The second kappa shape index (κ2) is 51.9. The first-order valence-electron chi connectivity index (χ1n) is 30.3. The molecule has 0 aliphatic heterocycles. The average molecular weight is 1000 g/mol. The molecule has 0 aromatic rings. The van der Waals surface area contributed by atoms with Crippen LogP contribution in [-0.2, 0) is 32.7 Å². The van der Waals surface area contributed by atoms with Crippen molar-refractivity contribution in [3.8, 4) is 0 Å². The summed E-state index contributed by atoms with van der Waals surface area (Å²) < 4.78 is 34.2. The second-order valence-electron chi connectivity index (χ2n) is 22.1. The molecule has 9 nitrogen and oxygen atoms in total. The summed E-state index contributed by atoms with van der Waals surface area (Å²) in [5.41, 5.74) is 0. The number of esters is 2. The van der Waals surface area contributed by atoms with Crippen molar-refractivity contribution in [3.63, 3.8) is 0 Å². The SMILES string of the molecule is CCCCCCCCCCCCCCCCCCCCCCCCCCCCCCCCCCCCCCCCCCC(=O)OC(COC(=O)CCCCCCC)COP(=O)(O)OCC[N+](C)(C)C. The summed E-state index contributed by atoms with van der Waals surface area (Å²) in [5, 5.41) is 0. The first-order chi connectivity index (χ1) is 33.5. The number of rotatable bonds is 57. The lowest BCUT2D eigenvalue weighted by atomic mass is 10.0. The molecule has 0 aliphatic rings. The molecule has 0 rings (SSSR count). The summed E-state index contributed by atoms with van der Waals surface area (Å²) >= 11 is 0. The van der Waals surface area contributed by atoms with Crippen LogP contribution >= 0.6 is 7.82 Å². The topological polar surface area (TPSA) is 108 Å². The van der Waals surface area contributed by atoms with Crippen molar-refractivity contribution in [1.29, 1.82) is 0 Å². The highest BCUT2D eigenvalue weighted by molar-refractivity contribution is 7.47. The number of phosphoric ester groups is 1. The molecule has 69 heavy (non-hydrogen) atoms. The van der Waals surface area contributed by atoms with Gasteiger partial charge in [-0.15, -0.1) is 0 Å². The maximum absolute atomic E-state index is 12.7. The minimum Gasteiger partial charge on any atom is -0.462 e. The first kappa shape index (κ1) is 68.0. The number of hydrogen-bond donors (Lipinski definition) is 1. The molecular weight excluding hydrogens is 882 g/mol. The highest BCUT2D eigenvalue weighted by atomic mass is 31.2. The third-order valence-corrected chi connectivity index (χ3v) is 14.9. The van der Waals surface area contributed by atoms with Crippen molar-refractivity contribution in [2.45, 2.75) is 322 Å². The van der Waals surface area contributed by atoms with E-state index in [0.29, 0.717) is 11.0 Å². The number of unbranched alkanes of at least 4 members (excludes halogenated alkanes) is 43. The van der Waals surface area contributed by atoms with E-state index in [-0.39, 0.29) is 32.0 Å². The van der Waals surface area contributed by atoms with E-state index in [1.54, 1.807) is 0 Å². The molecule has 2 unspecified atom stereocenters. The maximum Gasteiger partial charge on any atom is 0.472 e. The van der Waals surface area contributed by atoms with Crippen LogP contribution in [0.1, 0.15) is 316 Å². The lowest BCUT2D eigenvalue weighted by Gasteiger charge is -2.24. The Hall–Kier alpha value is -0.990. The lowest BCUT2D eigenvalue weighted by molar-refractivity contribution is -0.870. The van der Waals surface area contributed by atoms with Crippen LogP contribution in [0, 0.1) is 0 Å². The Labute approximate surface area is 429 Å². The van der Waals surface area contributed by atoms with Crippen LogP contribution in [0.2, 0.25) is 0 Å². The van der Waals surface area contributed by atoms with Gasteiger partial charge in [0.05, 0.1) is 27.7 Å². The molecule has 2 atom stereocenters. The zero-order valence-corrected chi connectivity index (χ0v) is 47.7. The number of phosphoric acid groups is 1. The summed E-state index contributed by atoms with van der Waals surface area (Å²) in [6.45, 7) is 4.38. The van der Waals surface area contributed by atoms with E-state index in [4.69, 9.17) is 18.5 Å². The van der Waals surface area contributed by atoms with Crippen LogP contribution in [0.3, 0.4) is 0 Å². The van der Waals surface area contributed by atoms with Crippen LogP contribution in [0.4, 0.5) is 0 Å². The van der Waals surface area contributed by atoms with Gasteiger partial charge in [-0.1, -0.05) is 290 Å². The molecule has 0 aromatic carbocycles. The fraction of sp³-hybridized carbons (Fsp3) is 0.966. The maximum atomic E-state index is 12.7. The number of nitrogens with zero attached hydrogens (tertiary/aromatic N) is 1. The van der Waals surface area contributed by atoms with Crippen molar-refractivity contribution in [1.82, 2.24) is 0 Å². The average Bonchev–Trinajstić information content (AvgIpc) is 3.31. The van der Waals surface area contributed by atoms with Crippen molar-refractivity contribution in [2.75, 3.05) is 47.5 Å². The summed E-state index contributed by atoms with van der Waals surface area (Å²) in [6.07, 6.45) is 60.0. The van der Waals surface area contributed by atoms with Crippen LogP contribution in [0.5, 0.6) is 0 Å². The molecule has 0 spiro atoms. The fourth-order valence-electron chi connectivity index (χ4n) is 9.20. The predicted molar refractivity (Wildman–Crippen MR) is 294 cm³/mol. The van der Waals surface area contributed by atoms with Gasteiger partial charge >= 0.3 is 19.8 Å². The molecule has 0 amide bonds. The van der Waals surface area contributed by atoms with E-state index < -0.39 is 26.5 Å². The molecule has 1 N–H and O–H groups in total. The minimum atomic E-state index is -4.36. The standard InChI is InChI=1S/C59H118NO8P/c1-6-8-10-12-13-14-15-16-17-18-19-20-21-22-23-24-25-26-27-28-29-30-31-32-33-34-35-36-37-38-39-40-41-42-43-44-45-46-48-50-52-59(62)68-57(55-65-58(61)51-49-47-11-9-7-2)56-67-69(63,64)66-54-53-60(3,4)5/h57H,6-56H2,1-5H3/p+1. The van der Waals surface area contributed by atoms with Gasteiger partial charge in [-0.2, -0.15) is 0 Å². The third kappa shape index (κ3) is 56.2. The van der Waals surface area contributed by atoms with E-state index in [9.17, 15) is 19.0 Å². The third-order valence-electron chi connectivity index (χ3n) is 13.9. The van der Waals surface area contributed by atoms with Gasteiger partial charge in [0, 0.05) is 12.8 Å². The minimum absolute atomic E-state index is 0.0363. The normalized spacial score (nSPS) is 13.2. The monoisotopic (exact) mass is 1000 g/mol. The second-order valence-corrected chi connectivity index (χ2v) is 23.6. The highest BCUT2D eigenvalue weighted by Crippen LogP contribution is 2.43. The van der Waals surface area contributed by atoms with Crippen LogP contribution in [0.15, 0.2) is 0 Å². The number of hydrogen-bond acceptors (Lipinski definition) is 7. The van der Waals surface area contributed by atoms with Gasteiger partial charge in [0.25, 0.3) is 0 Å². The molecule has 0 saturated carbocycles. The van der Waals surface area contributed by atoms with E-state index in [1.807, 2.05) is 21.1 Å². The number of likely N-dealkylation sites (N-methyl/N-ethyl adjacent to an activating group) is 1. The van der Waals surface area contributed by atoms with Crippen molar-refractivity contribution in [3.05, 3.63) is 0 Å². The first-order valence-corrected chi connectivity index (χ1v) is 31.8. The highest BCUT2D eigenvalue weighted by Gasteiger charge is 2.27. The molecule has 0 aliphatic carbocycles. The predicted octanol–water partition coefficient (Wildman–Crippen LogP) is 18.7. The van der Waals surface area contributed by atoms with Crippen molar-refractivity contribution < 1.29 is 42.1 Å². The number of ether oxygens (including phenoxy) is 2. The molecule has 412 valence electrons. The Morgan fingerprint density at radius 1 is 0.391 bits per heavy atom. The molecule has 0 aromatic heterocycles. The number of carbonyl (C=O) groups is 2. The Balaban J connectivity index is 3.64. The Bertz CT molecular complexity index is 1130. The van der Waals surface area contributed by atoms with Crippen molar-refractivity contribution in [2.24, 2.45) is 0 Å². The smallest absolute Gasteiger partial charge is 0.462 e. The van der Waals surface area contributed by atoms with E-state index in [0.717, 1.165) is 51.4 Å². The molecule has 0 fully saturated rings. The molecule has 0 saturated heterocycles. The van der Waals surface area contributed by atoms with Gasteiger partial charge < -0.3 is 18.9 Å². The van der Waals surface area contributed by atoms with E-state index in [2.05, 4.69) is 13.8 Å². The lowest BCUT2D eigenvalue weighted by Crippen LogP contribution is -2.37. The van der Waals surface area contributed by atoms with Gasteiger partial charge in [-0.3, -0.25) is 18.6 Å². The summed E-state index contributed by atoms with van der Waals surface area (Å²) in [5.74, 6) is -0.796. The Kier molecular flexibility index (Phi) is 51.1. The molecule has 0 heterocycles. The Morgan fingerprint density at radius 2 is 0.652 bits per heavy atom. The fourth-order valence-corrected chi connectivity index (χ4v) is 9.94. The summed E-state index contributed by atoms with van der Waals surface area (Å²) in [4.78, 5) is 35.2. The molecular formula is C59H119NO8P+. The van der Waals surface area contributed by atoms with Gasteiger partial charge in [-0.05, 0) is 12.8 Å². The van der Waals surface area contributed by atoms with Crippen LogP contribution < -0.4 is 0 Å². The largest absolute Gasteiger partial charge is 0.472 e. The molecule has 10 heteroatoms. The quantitative estimate of drug-likeness (QED) is 0.0278. The molecule has 0 radical (unpaired) electrons. The van der Waals surface area contributed by atoms with Gasteiger partial charge in [0.2, 0.25) is 0 Å². The number of quaternary nitrogens is 1. The van der Waals surface area contributed by atoms with E-state index in [1.165, 1.54) is 238 Å². The molecule has 0 bridgehead atoms. The number of carbonyl (C=O) groups excluding carboxylic acids is 2. The Morgan fingerprint density at radius 3 is 0.928 bits per heavy atom. The summed E-state index contributed by atoms with van der Waals surface area (Å²) in [6, 6.07) is 0. The van der Waals surface area contributed by atoms with Gasteiger partial charge in [0.15, 0.2) is 6.10 Å². The van der Waals surface area contributed by atoms with Crippen LogP contribution in [0.25, 0.3) is 0 Å². The van der Waals surface area contributed by atoms with Crippen LogP contribution in [-0.4, -0.2) is 74.9 Å². The van der Waals surface area contributed by atoms with Crippen molar-refractivity contribution >= 4 is 19.8 Å². The van der Waals surface area contributed by atoms with E-state index >= 15 is 0 Å². The van der Waals surface area contributed by atoms with Gasteiger partial charge in [0.1, 0.15) is 19.8 Å². The summed E-state index contributed by atoms with van der Waals surface area (Å²) in [7, 11) is 1.49. The van der Waals surface area contributed by atoms with Gasteiger partial charge in [-0.25, -0.2) is 4.57 Å². The zero-order valence-electron chi connectivity index (χ0n) is 46.8.